The van der Waals surface area contributed by atoms with Gasteiger partial charge in [0, 0.05) is 17.0 Å². The highest BCUT2D eigenvalue weighted by molar-refractivity contribution is 5.87. The van der Waals surface area contributed by atoms with Crippen LogP contribution in [0.1, 0.15) is 17.6 Å². The number of rotatable bonds is 3. The van der Waals surface area contributed by atoms with Gasteiger partial charge in [0.25, 0.3) is 5.91 Å². The third kappa shape index (κ3) is 2.51. The van der Waals surface area contributed by atoms with E-state index < -0.39 is 0 Å². The summed E-state index contributed by atoms with van der Waals surface area (Å²) in [6.07, 6.45) is 6.56. The molecule has 0 N–H and O–H groups in total. The molecule has 3 atom stereocenters. The molecule has 0 aliphatic heterocycles. The Hall–Kier alpha value is -2.94. The number of aromatic nitrogens is 2. The summed E-state index contributed by atoms with van der Waals surface area (Å²) in [6, 6.07) is 22.2. The van der Waals surface area contributed by atoms with Crippen LogP contribution >= 0.6 is 0 Å². The minimum absolute atomic E-state index is 0.0518. The molecule has 3 nitrogen and oxygen atoms in total. The van der Waals surface area contributed by atoms with Gasteiger partial charge >= 0.3 is 0 Å². The Kier molecular flexibility index (Phi) is 3.59. The van der Waals surface area contributed by atoms with Gasteiger partial charge in [-0.2, -0.15) is 9.78 Å². The summed E-state index contributed by atoms with van der Waals surface area (Å²) in [4.78, 5) is 13.3. The SMILES string of the molecule is O=C([C@@H]1C[C@@H]2C=C[C@H]1C2)n1nc(-c2ccccc2)cc1-c1ccccc1. The van der Waals surface area contributed by atoms with Crippen molar-refractivity contribution < 1.29 is 4.79 Å². The van der Waals surface area contributed by atoms with E-state index in [2.05, 4.69) is 12.2 Å². The highest BCUT2D eigenvalue weighted by Crippen LogP contribution is 2.44. The van der Waals surface area contributed by atoms with E-state index in [9.17, 15) is 4.79 Å². The van der Waals surface area contributed by atoms with E-state index in [1.807, 2.05) is 66.7 Å². The molecule has 1 fully saturated rings. The molecular formula is C23H20N2O. The van der Waals surface area contributed by atoms with Crippen LogP contribution in [0.25, 0.3) is 22.5 Å². The summed E-state index contributed by atoms with van der Waals surface area (Å²) in [5.41, 5.74) is 3.77. The van der Waals surface area contributed by atoms with Gasteiger partial charge in [-0.15, -0.1) is 0 Å². The van der Waals surface area contributed by atoms with Crippen LogP contribution in [0.15, 0.2) is 78.9 Å². The molecule has 2 bridgehead atoms. The Morgan fingerprint density at radius 3 is 2.19 bits per heavy atom. The number of hydrogen-bond acceptors (Lipinski definition) is 2. The molecule has 5 rings (SSSR count). The summed E-state index contributed by atoms with van der Waals surface area (Å²) in [7, 11) is 0. The number of benzene rings is 2. The molecule has 0 unspecified atom stereocenters. The van der Waals surface area contributed by atoms with E-state index in [1.54, 1.807) is 4.68 Å². The molecule has 0 saturated heterocycles. The summed E-state index contributed by atoms with van der Waals surface area (Å²) in [5, 5.41) is 4.73. The summed E-state index contributed by atoms with van der Waals surface area (Å²) < 4.78 is 1.65. The minimum Gasteiger partial charge on any atom is -0.272 e. The third-order valence-corrected chi connectivity index (χ3v) is 5.65. The van der Waals surface area contributed by atoms with E-state index >= 15 is 0 Å². The van der Waals surface area contributed by atoms with Crippen molar-refractivity contribution in [2.45, 2.75) is 12.8 Å². The molecule has 3 heteroatoms. The molecular weight excluding hydrogens is 320 g/mol. The molecule has 1 saturated carbocycles. The molecule has 0 spiro atoms. The van der Waals surface area contributed by atoms with Crippen LogP contribution in [0.3, 0.4) is 0 Å². The smallest absolute Gasteiger partial charge is 0.251 e. The second kappa shape index (κ2) is 6.10. The van der Waals surface area contributed by atoms with Crippen LogP contribution in [0.5, 0.6) is 0 Å². The van der Waals surface area contributed by atoms with E-state index in [-0.39, 0.29) is 11.8 Å². The Morgan fingerprint density at radius 2 is 1.58 bits per heavy atom. The van der Waals surface area contributed by atoms with Crippen molar-refractivity contribution in [3.8, 4) is 22.5 Å². The number of nitrogens with zero attached hydrogens (tertiary/aromatic N) is 2. The van der Waals surface area contributed by atoms with Crippen LogP contribution in [0.4, 0.5) is 0 Å². The molecule has 0 radical (unpaired) electrons. The lowest BCUT2D eigenvalue weighted by Crippen LogP contribution is -2.26. The maximum Gasteiger partial charge on any atom is 0.251 e. The predicted octanol–water partition coefficient (Wildman–Crippen LogP) is 5.07. The van der Waals surface area contributed by atoms with Crippen molar-refractivity contribution in [2.24, 2.45) is 17.8 Å². The zero-order valence-corrected chi connectivity index (χ0v) is 14.5. The number of hydrogen-bond donors (Lipinski definition) is 0. The molecule has 2 aromatic carbocycles. The predicted molar refractivity (Wildman–Crippen MR) is 103 cm³/mol. The summed E-state index contributed by atoms with van der Waals surface area (Å²) >= 11 is 0. The van der Waals surface area contributed by atoms with Gasteiger partial charge in [0.15, 0.2) is 0 Å². The monoisotopic (exact) mass is 340 g/mol. The maximum atomic E-state index is 13.3. The van der Waals surface area contributed by atoms with E-state index in [1.165, 1.54) is 0 Å². The van der Waals surface area contributed by atoms with Gasteiger partial charge in [0.2, 0.25) is 0 Å². The Morgan fingerprint density at radius 1 is 0.885 bits per heavy atom. The number of carbonyl (C=O) groups excluding carboxylic acids is 1. The largest absolute Gasteiger partial charge is 0.272 e. The van der Waals surface area contributed by atoms with Crippen LogP contribution < -0.4 is 0 Å². The molecule has 3 aromatic rings. The van der Waals surface area contributed by atoms with Gasteiger partial charge in [0.05, 0.1) is 11.4 Å². The average Bonchev–Trinajstić information content (AvgIpc) is 3.44. The molecule has 2 aliphatic rings. The first-order chi connectivity index (χ1) is 12.8. The number of carbonyl (C=O) groups is 1. The lowest BCUT2D eigenvalue weighted by molar-refractivity contribution is 0.0799. The van der Waals surface area contributed by atoms with Crippen molar-refractivity contribution in [3.63, 3.8) is 0 Å². The van der Waals surface area contributed by atoms with E-state index in [4.69, 9.17) is 5.10 Å². The third-order valence-electron chi connectivity index (χ3n) is 5.65. The van der Waals surface area contributed by atoms with Gasteiger partial charge < -0.3 is 0 Å². The number of allylic oxidation sites excluding steroid dienone is 2. The van der Waals surface area contributed by atoms with E-state index in [0.717, 1.165) is 35.4 Å². The fourth-order valence-corrected chi connectivity index (χ4v) is 4.34. The molecule has 0 amide bonds. The molecule has 26 heavy (non-hydrogen) atoms. The van der Waals surface area contributed by atoms with Gasteiger partial charge in [0.1, 0.15) is 0 Å². The molecule has 2 aliphatic carbocycles. The van der Waals surface area contributed by atoms with Crippen LogP contribution in [-0.2, 0) is 0 Å². The van der Waals surface area contributed by atoms with Crippen molar-refractivity contribution >= 4 is 5.91 Å². The van der Waals surface area contributed by atoms with Crippen LogP contribution in [0.2, 0.25) is 0 Å². The highest BCUT2D eigenvalue weighted by atomic mass is 16.2. The lowest BCUT2D eigenvalue weighted by atomic mass is 9.93. The Labute approximate surface area is 153 Å². The zero-order valence-electron chi connectivity index (χ0n) is 14.5. The van der Waals surface area contributed by atoms with Gasteiger partial charge in [-0.3, -0.25) is 4.79 Å². The summed E-state index contributed by atoms with van der Waals surface area (Å²) in [6.45, 7) is 0. The molecule has 1 aromatic heterocycles. The molecule has 128 valence electrons. The first-order valence-corrected chi connectivity index (χ1v) is 9.23. The van der Waals surface area contributed by atoms with Gasteiger partial charge in [-0.1, -0.05) is 72.8 Å². The fraction of sp³-hybridized carbons (Fsp3) is 0.217. The number of fused-ring (bicyclic) bond motifs is 2. The Bertz CT molecular complexity index is 972. The maximum absolute atomic E-state index is 13.3. The normalized spacial score (nSPS) is 23.5. The fourth-order valence-electron chi connectivity index (χ4n) is 4.34. The van der Waals surface area contributed by atoms with Crippen LogP contribution in [-0.4, -0.2) is 15.7 Å². The van der Waals surface area contributed by atoms with Gasteiger partial charge in [-0.25, -0.2) is 0 Å². The second-order valence-electron chi connectivity index (χ2n) is 7.28. The van der Waals surface area contributed by atoms with E-state index in [0.29, 0.717) is 11.8 Å². The standard InChI is InChI=1S/C23H20N2O/c26-23(20-14-16-11-12-19(20)13-16)25-22(18-9-5-2-6-10-18)15-21(24-25)17-7-3-1-4-8-17/h1-12,15-16,19-20H,13-14H2/t16-,19+,20-/m1/s1. The average molecular weight is 340 g/mol. The first-order valence-electron chi connectivity index (χ1n) is 9.23. The minimum atomic E-state index is 0.0518. The Balaban J connectivity index is 1.60. The molecule has 1 heterocycles. The lowest BCUT2D eigenvalue weighted by Gasteiger charge is -2.17. The van der Waals surface area contributed by atoms with Gasteiger partial charge in [-0.05, 0) is 30.7 Å². The van der Waals surface area contributed by atoms with Crippen molar-refractivity contribution in [2.75, 3.05) is 0 Å². The van der Waals surface area contributed by atoms with Crippen molar-refractivity contribution in [1.82, 2.24) is 9.78 Å². The topological polar surface area (TPSA) is 34.9 Å². The summed E-state index contributed by atoms with van der Waals surface area (Å²) in [5.74, 6) is 1.12. The van der Waals surface area contributed by atoms with Crippen LogP contribution in [0, 0.1) is 17.8 Å². The van der Waals surface area contributed by atoms with Crippen molar-refractivity contribution in [1.29, 1.82) is 0 Å². The quantitative estimate of drug-likeness (QED) is 0.624. The van der Waals surface area contributed by atoms with Crippen molar-refractivity contribution in [3.05, 3.63) is 78.9 Å². The highest BCUT2D eigenvalue weighted by Gasteiger charge is 2.41. The zero-order chi connectivity index (χ0) is 17.5. The second-order valence-corrected chi connectivity index (χ2v) is 7.28. The first kappa shape index (κ1) is 15.3.